The first-order valence-corrected chi connectivity index (χ1v) is 6.79. The van der Waals surface area contributed by atoms with E-state index in [1.165, 1.54) is 0 Å². The molecule has 1 aromatic rings. The summed E-state index contributed by atoms with van der Waals surface area (Å²) in [5.74, 6) is 0. The van der Waals surface area contributed by atoms with E-state index in [9.17, 15) is 0 Å². The number of methoxy groups -OCH3 is 1. The van der Waals surface area contributed by atoms with E-state index in [1.54, 1.807) is 7.11 Å². The molecule has 0 fully saturated rings. The molecule has 0 saturated heterocycles. The van der Waals surface area contributed by atoms with Crippen LogP contribution in [0, 0.1) is 0 Å². The molecule has 0 radical (unpaired) electrons. The predicted molar refractivity (Wildman–Crippen MR) is 76.5 cm³/mol. The van der Waals surface area contributed by atoms with Gasteiger partial charge in [-0.1, -0.05) is 23.7 Å². The number of ether oxygens (including phenoxy) is 3. The zero-order valence-electron chi connectivity index (χ0n) is 11.3. The third-order valence-corrected chi connectivity index (χ3v) is 2.89. The Bertz CT molecular complexity index is 332. The first-order valence-electron chi connectivity index (χ1n) is 6.41. The lowest BCUT2D eigenvalue weighted by Crippen LogP contribution is -2.18. The first kappa shape index (κ1) is 16.4. The van der Waals surface area contributed by atoms with Gasteiger partial charge in [0, 0.05) is 31.9 Å². The number of hydrogen-bond donors (Lipinski definition) is 1. The minimum Gasteiger partial charge on any atom is -0.385 e. The SMILES string of the molecule is COCCCOCCOC(CN)c1ccc(Cl)cc1. The van der Waals surface area contributed by atoms with Crippen LogP contribution in [-0.2, 0) is 14.2 Å². The Morgan fingerprint density at radius 2 is 1.84 bits per heavy atom. The molecule has 0 aliphatic heterocycles. The second-order valence-electron chi connectivity index (χ2n) is 4.11. The molecule has 0 heterocycles. The topological polar surface area (TPSA) is 53.7 Å². The summed E-state index contributed by atoms with van der Waals surface area (Å²) in [7, 11) is 1.68. The Kier molecular flexibility index (Phi) is 8.79. The maximum atomic E-state index is 5.84. The normalized spacial score (nSPS) is 12.6. The van der Waals surface area contributed by atoms with Gasteiger partial charge in [-0.15, -0.1) is 0 Å². The van der Waals surface area contributed by atoms with E-state index in [-0.39, 0.29) is 6.10 Å². The van der Waals surface area contributed by atoms with E-state index in [4.69, 9.17) is 31.5 Å². The van der Waals surface area contributed by atoms with Crippen molar-refractivity contribution in [1.29, 1.82) is 0 Å². The highest BCUT2D eigenvalue weighted by Crippen LogP contribution is 2.18. The van der Waals surface area contributed by atoms with Crippen LogP contribution < -0.4 is 5.73 Å². The van der Waals surface area contributed by atoms with Crippen molar-refractivity contribution in [3.05, 3.63) is 34.9 Å². The van der Waals surface area contributed by atoms with Crippen molar-refractivity contribution in [3.8, 4) is 0 Å². The summed E-state index contributed by atoms with van der Waals surface area (Å²) in [6.45, 7) is 2.93. The molecule has 0 amide bonds. The number of rotatable bonds is 10. The van der Waals surface area contributed by atoms with E-state index in [1.807, 2.05) is 24.3 Å². The van der Waals surface area contributed by atoms with Crippen molar-refractivity contribution in [2.24, 2.45) is 5.73 Å². The molecule has 19 heavy (non-hydrogen) atoms. The largest absolute Gasteiger partial charge is 0.385 e. The monoisotopic (exact) mass is 287 g/mol. The van der Waals surface area contributed by atoms with Crippen molar-refractivity contribution >= 4 is 11.6 Å². The number of halogens is 1. The summed E-state index contributed by atoms with van der Waals surface area (Å²) in [6.07, 6.45) is 0.786. The van der Waals surface area contributed by atoms with Gasteiger partial charge in [0.25, 0.3) is 0 Å². The van der Waals surface area contributed by atoms with Crippen molar-refractivity contribution in [2.75, 3.05) is 40.1 Å². The van der Waals surface area contributed by atoms with Gasteiger partial charge in [0.05, 0.1) is 19.3 Å². The van der Waals surface area contributed by atoms with E-state index in [0.29, 0.717) is 31.4 Å². The van der Waals surface area contributed by atoms with E-state index in [2.05, 4.69) is 0 Å². The number of hydrogen-bond acceptors (Lipinski definition) is 4. The smallest absolute Gasteiger partial charge is 0.0948 e. The molecule has 0 aliphatic rings. The summed E-state index contributed by atoms with van der Waals surface area (Å²) in [5, 5.41) is 0.709. The van der Waals surface area contributed by atoms with Crippen LogP contribution in [0.15, 0.2) is 24.3 Å². The zero-order chi connectivity index (χ0) is 13.9. The molecule has 4 nitrogen and oxygen atoms in total. The van der Waals surface area contributed by atoms with Gasteiger partial charge < -0.3 is 19.9 Å². The Balaban J connectivity index is 2.20. The van der Waals surface area contributed by atoms with Crippen molar-refractivity contribution in [2.45, 2.75) is 12.5 Å². The molecule has 5 heteroatoms. The molecule has 1 aromatic carbocycles. The van der Waals surface area contributed by atoms with Crippen molar-refractivity contribution in [3.63, 3.8) is 0 Å². The van der Waals surface area contributed by atoms with Crippen LogP contribution in [0.5, 0.6) is 0 Å². The molecule has 0 saturated carbocycles. The first-order chi connectivity index (χ1) is 9.27. The van der Waals surface area contributed by atoms with Crippen LogP contribution in [0.2, 0.25) is 5.02 Å². The fraction of sp³-hybridized carbons (Fsp3) is 0.571. The molecule has 1 rings (SSSR count). The number of nitrogens with two attached hydrogens (primary N) is 1. The Morgan fingerprint density at radius 1 is 1.11 bits per heavy atom. The van der Waals surface area contributed by atoms with Gasteiger partial charge >= 0.3 is 0 Å². The van der Waals surface area contributed by atoms with Gasteiger partial charge in [-0.05, 0) is 24.1 Å². The van der Waals surface area contributed by atoms with Crippen LogP contribution in [-0.4, -0.2) is 40.1 Å². The van der Waals surface area contributed by atoms with Crippen LogP contribution >= 0.6 is 11.6 Å². The highest BCUT2D eigenvalue weighted by atomic mass is 35.5. The lowest BCUT2D eigenvalue weighted by Gasteiger charge is -2.16. The highest BCUT2D eigenvalue weighted by molar-refractivity contribution is 6.30. The molecular formula is C14H22ClNO3. The summed E-state index contributed by atoms with van der Waals surface area (Å²) in [4.78, 5) is 0. The van der Waals surface area contributed by atoms with Gasteiger partial charge in [-0.3, -0.25) is 0 Å². The predicted octanol–water partition coefficient (Wildman–Crippen LogP) is 2.41. The Hall–Kier alpha value is -0.650. The van der Waals surface area contributed by atoms with Crippen molar-refractivity contribution < 1.29 is 14.2 Å². The standard InChI is InChI=1S/C14H22ClNO3/c1-17-7-2-8-18-9-10-19-14(11-16)12-3-5-13(15)6-4-12/h3-6,14H,2,7-11,16H2,1H3. The molecule has 0 aromatic heterocycles. The second-order valence-corrected chi connectivity index (χ2v) is 4.54. The maximum Gasteiger partial charge on any atom is 0.0948 e. The molecule has 1 unspecified atom stereocenters. The van der Waals surface area contributed by atoms with E-state index >= 15 is 0 Å². The van der Waals surface area contributed by atoms with Gasteiger partial charge in [0.1, 0.15) is 0 Å². The van der Waals surface area contributed by atoms with Crippen LogP contribution in [0.3, 0.4) is 0 Å². The minimum atomic E-state index is -0.111. The van der Waals surface area contributed by atoms with Gasteiger partial charge in [0.15, 0.2) is 0 Å². The highest BCUT2D eigenvalue weighted by Gasteiger charge is 2.09. The zero-order valence-corrected chi connectivity index (χ0v) is 12.1. The summed E-state index contributed by atoms with van der Waals surface area (Å²) >= 11 is 5.84. The van der Waals surface area contributed by atoms with Crippen LogP contribution in [0.1, 0.15) is 18.1 Å². The lowest BCUT2D eigenvalue weighted by atomic mass is 10.1. The van der Waals surface area contributed by atoms with E-state index in [0.717, 1.165) is 18.6 Å². The average molecular weight is 288 g/mol. The molecule has 0 bridgehead atoms. The van der Waals surface area contributed by atoms with Crippen LogP contribution in [0.25, 0.3) is 0 Å². The lowest BCUT2D eigenvalue weighted by molar-refractivity contribution is 0.00389. The van der Waals surface area contributed by atoms with Gasteiger partial charge in [-0.2, -0.15) is 0 Å². The third-order valence-electron chi connectivity index (χ3n) is 2.64. The maximum absolute atomic E-state index is 5.84. The van der Waals surface area contributed by atoms with Crippen molar-refractivity contribution in [1.82, 2.24) is 0 Å². The number of benzene rings is 1. The fourth-order valence-corrected chi connectivity index (χ4v) is 1.76. The third kappa shape index (κ3) is 6.89. The molecule has 2 N–H and O–H groups in total. The van der Waals surface area contributed by atoms with Gasteiger partial charge in [-0.25, -0.2) is 0 Å². The van der Waals surface area contributed by atoms with Gasteiger partial charge in [0.2, 0.25) is 0 Å². The molecule has 0 spiro atoms. The Labute approximate surface area is 119 Å². The second kappa shape index (κ2) is 10.2. The molecular weight excluding hydrogens is 266 g/mol. The van der Waals surface area contributed by atoms with E-state index < -0.39 is 0 Å². The average Bonchev–Trinajstić information content (AvgIpc) is 2.43. The molecule has 108 valence electrons. The van der Waals surface area contributed by atoms with Crippen LogP contribution in [0.4, 0.5) is 0 Å². The molecule has 0 aliphatic carbocycles. The molecule has 1 atom stereocenters. The summed E-state index contributed by atoms with van der Waals surface area (Å²) < 4.78 is 16.1. The fourth-order valence-electron chi connectivity index (χ4n) is 1.63. The quantitative estimate of drug-likeness (QED) is 0.672. The minimum absolute atomic E-state index is 0.111. The Morgan fingerprint density at radius 3 is 2.47 bits per heavy atom. The summed E-state index contributed by atoms with van der Waals surface area (Å²) in [5.41, 5.74) is 6.74. The summed E-state index contributed by atoms with van der Waals surface area (Å²) in [6, 6.07) is 7.53.